The van der Waals surface area contributed by atoms with Crippen molar-refractivity contribution in [2.75, 3.05) is 0 Å². The number of aryl methyl sites for hydroxylation is 1. The standard InChI is InChI=1S/C5H6BrNO/c1-2-4-5(6)8-3-7-4/h3H,2H2,1H3. The van der Waals surface area contributed by atoms with E-state index in [4.69, 9.17) is 4.42 Å². The Morgan fingerprint density at radius 3 is 2.88 bits per heavy atom. The summed E-state index contributed by atoms with van der Waals surface area (Å²) in [6.45, 7) is 2.03. The van der Waals surface area contributed by atoms with Gasteiger partial charge in [0.15, 0.2) is 11.1 Å². The lowest BCUT2D eigenvalue weighted by Gasteiger charge is -1.82. The largest absolute Gasteiger partial charge is 0.436 e. The van der Waals surface area contributed by atoms with Gasteiger partial charge in [-0.3, -0.25) is 0 Å². The van der Waals surface area contributed by atoms with Crippen molar-refractivity contribution in [3.63, 3.8) is 0 Å². The molecule has 3 heteroatoms. The van der Waals surface area contributed by atoms with Gasteiger partial charge in [-0.05, 0) is 22.4 Å². The highest BCUT2D eigenvalue weighted by atomic mass is 79.9. The van der Waals surface area contributed by atoms with Gasteiger partial charge in [0.1, 0.15) is 0 Å². The number of hydrogen-bond donors (Lipinski definition) is 0. The second kappa shape index (κ2) is 2.31. The van der Waals surface area contributed by atoms with Gasteiger partial charge >= 0.3 is 0 Å². The summed E-state index contributed by atoms with van der Waals surface area (Å²) in [4.78, 5) is 3.92. The zero-order chi connectivity index (χ0) is 5.98. The van der Waals surface area contributed by atoms with E-state index in [9.17, 15) is 0 Å². The first-order valence-corrected chi connectivity index (χ1v) is 3.21. The van der Waals surface area contributed by atoms with Gasteiger partial charge in [-0.1, -0.05) is 6.92 Å². The molecule has 0 fully saturated rings. The molecule has 2 nitrogen and oxygen atoms in total. The third kappa shape index (κ3) is 0.916. The zero-order valence-electron chi connectivity index (χ0n) is 4.52. The highest BCUT2D eigenvalue weighted by molar-refractivity contribution is 9.10. The highest BCUT2D eigenvalue weighted by Gasteiger charge is 1.98. The maximum atomic E-state index is 4.86. The Morgan fingerprint density at radius 2 is 2.62 bits per heavy atom. The molecule has 0 aliphatic rings. The van der Waals surface area contributed by atoms with Crippen molar-refractivity contribution in [3.8, 4) is 0 Å². The minimum Gasteiger partial charge on any atom is -0.436 e. The number of rotatable bonds is 1. The van der Waals surface area contributed by atoms with Gasteiger partial charge in [0.25, 0.3) is 0 Å². The molecule has 0 saturated carbocycles. The molecule has 1 rings (SSSR count). The van der Waals surface area contributed by atoms with Gasteiger partial charge in [-0.25, -0.2) is 4.98 Å². The lowest BCUT2D eigenvalue weighted by Crippen LogP contribution is -1.76. The highest BCUT2D eigenvalue weighted by Crippen LogP contribution is 2.13. The summed E-state index contributed by atoms with van der Waals surface area (Å²) in [7, 11) is 0. The summed E-state index contributed by atoms with van der Waals surface area (Å²) in [6.07, 6.45) is 2.35. The van der Waals surface area contributed by atoms with Crippen LogP contribution in [0.2, 0.25) is 0 Å². The van der Waals surface area contributed by atoms with Crippen molar-refractivity contribution in [2.24, 2.45) is 0 Å². The Balaban J connectivity index is 2.92. The number of hydrogen-bond acceptors (Lipinski definition) is 2. The van der Waals surface area contributed by atoms with Gasteiger partial charge < -0.3 is 4.42 Å². The molecule has 1 aromatic heterocycles. The van der Waals surface area contributed by atoms with Crippen molar-refractivity contribution in [2.45, 2.75) is 13.3 Å². The molecule has 0 N–H and O–H groups in total. The van der Waals surface area contributed by atoms with Gasteiger partial charge in [0.05, 0.1) is 5.69 Å². The monoisotopic (exact) mass is 175 g/mol. The van der Waals surface area contributed by atoms with E-state index in [0.717, 1.165) is 16.8 Å². The maximum Gasteiger partial charge on any atom is 0.192 e. The molecule has 1 heterocycles. The first-order chi connectivity index (χ1) is 3.84. The number of aromatic nitrogens is 1. The quantitative estimate of drug-likeness (QED) is 0.653. The van der Waals surface area contributed by atoms with E-state index in [1.807, 2.05) is 6.92 Å². The smallest absolute Gasteiger partial charge is 0.192 e. The Bertz CT molecular complexity index is 173. The molecule has 0 saturated heterocycles. The van der Waals surface area contributed by atoms with Crippen molar-refractivity contribution in [3.05, 3.63) is 16.8 Å². The van der Waals surface area contributed by atoms with Gasteiger partial charge in [-0.15, -0.1) is 0 Å². The predicted octanol–water partition coefficient (Wildman–Crippen LogP) is 2.00. The third-order valence-corrected chi connectivity index (χ3v) is 1.57. The van der Waals surface area contributed by atoms with E-state index in [1.54, 1.807) is 0 Å². The first kappa shape index (κ1) is 5.82. The lowest BCUT2D eigenvalue weighted by molar-refractivity contribution is 0.531. The van der Waals surface area contributed by atoms with E-state index in [0.29, 0.717) is 0 Å². The molecule has 8 heavy (non-hydrogen) atoms. The van der Waals surface area contributed by atoms with Gasteiger partial charge in [-0.2, -0.15) is 0 Å². The molecule has 0 bridgehead atoms. The van der Waals surface area contributed by atoms with Crippen LogP contribution in [0.5, 0.6) is 0 Å². The fourth-order valence-corrected chi connectivity index (χ4v) is 0.952. The minimum atomic E-state index is 0.750. The Hall–Kier alpha value is -0.310. The third-order valence-electron chi connectivity index (χ3n) is 0.926. The Kier molecular flexibility index (Phi) is 1.68. The molecule has 0 radical (unpaired) electrons. The van der Waals surface area contributed by atoms with Gasteiger partial charge in [0, 0.05) is 0 Å². The normalized spacial score (nSPS) is 9.75. The molecular weight excluding hydrogens is 170 g/mol. The maximum absolute atomic E-state index is 4.86. The number of oxazole rings is 1. The molecule has 0 aliphatic carbocycles. The summed E-state index contributed by atoms with van der Waals surface area (Å²) in [5.74, 6) is 0. The Labute approximate surface area is 56.0 Å². The van der Waals surface area contributed by atoms with Crippen LogP contribution < -0.4 is 0 Å². The minimum absolute atomic E-state index is 0.750. The van der Waals surface area contributed by atoms with E-state index in [2.05, 4.69) is 20.9 Å². The molecule has 44 valence electrons. The molecular formula is C5H6BrNO. The number of nitrogens with zero attached hydrogens (tertiary/aromatic N) is 1. The van der Waals surface area contributed by atoms with Crippen LogP contribution in [-0.4, -0.2) is 4.98 Å². The van der Waals surface area contributed by atoms with Crippen molar-refractivity contribution in [1.82, 2.24) is 4.98 Å². The van der Waals surface area contributed by atoms with Crippen LogP contribution in [0, 0.1) is 0 Å². The summed E-state index contributed by atoms with van der Waals surface area (Å²) in [5.41, 5.74) is 0.977. The molecule has 0 spiro atoms. The summed E-state index contributed by atoms with van der Waals surface area (Å²) in [6, 6.07) is 0. The predicted molar refractivity (Wildman–Crippen MR) is 33.6 cm³/mol. The zero-order valence-corrected chi connectivity index (χ0v) is 6.10. The van der Waals surface area contributed by atoms with Crippen LogP contribution in [0.15, 0.2) is 15.5 Å². The SMILES string of the molecule is CCc1ncoc1Br. The van der Waals surface area contributed by atoms with Gasteiger partial charge in [0.2, 0.25) is 0 Å². The molecule has 0 amide bonds. The van der Waals surface area contributed by atoms with Crippen molar-refractivity contribution < 1.29 is 4.42 Å². The topological polar surface area (TPSA) is 26.0 Å². The van der Waals surface area contributed by atoms with E-state index < -0.39 is 0 Å². The van der Waals surface area contributed by atoms with Crippen LogP contribution in [0.25, 0.3) is 0 Å². The van der Waals surface area contributed by atoms with Crippen LogP contribution >= 0.6 is 15.9 Å². The summed E-state index contributed by atoms with van der Waals surface area (Å²) < 4.78 is 5.61. The van der Waals surface area contributed by atoms with Crippen molar-refractivity contribution >= 4 is 15.9 Å². The average molecular weight is 176 g/mol. The van der Waals surface area contributed by atoms with Crippen LogP contribution in [0.4, 0.5) is 0 Å². The second-order valence-corrected chi connectivity index (χ2v) is 2.15. The van der Waals surface area contributed by atoms with E-state index in [-0.39, 0.29) is 0 Å². The van der Waals surface area contributed by atoms with Crippen LogP contribution in [0.1, 0.15) is 12.6 Å². The Morgan fingerprint density at radius 1 is 1.88 bits per heavy atom. The molecule has 0 atom stereocenters. The number of halogens is 1. The summed E-state index contributed by atoms with van der Waals surface area (Å²) >= 11 is 3.20. The fraction of sp³-hybridized carbons (Fsp3) is 0.400. The molecule has 1 aromatic rings. The van der Waals surface area contributed by atoms with Crippen LogP contribution in [0.3, 0.4) is 0 Å². The lowest BCUT2D eigenvalue weighted by atomic mass is 10.4. The van der Waals surface area contributed by atoms with Crippen molar-refractivity contribution in [1.29, 1.82) is 0 Å². The van der Waals surface area contributed by atoms with E-state index in [1.165, 1.54) is 6.39 Å². The summed E-state index contributed by atoms with van der Waals surface area (Å²) in [5, 5.41) is 0. The average Bonchev–Trinajstić information content (AvgIpc) is 2.14. The van der Waals surface area contributed by atoms with Crippen LogP contribution in [-0.2, 0) is 6.42 Å². The van der Waals surface area contributed by atoms with E-state index >= 15 is 0 Å². The molecule has 0 unspecified atom stereocenters. The first-order valence-electron chi connectivity index (χ1n) is 2.42. The molecule has 0 aromatic carbocycles. The molecule has 0 aliphatic heterocycles. The second-order valence-electron chi connectivity index (χ2n) is 1.43. The fourth-order valence-electron chi connectivity index (χ4n) is 0.485.